The number of benzene rings is 2. The Labute approximate surface area is 163 Å². The molecule has 8 nitrogen and oxygen atoms in total. The van der Waals surface area contributed by atoms with Gasteiger partial charge in [0.15, 0.2) is 11.5 Å². The summed E-state index contributed by atoms with van der Waals surface area (Å²) in [6.45, 7) is 0.354. The fourth-order valence-electron chi connectivity index (χ4n) is 2.93. The van der Waals surface area contributed by atoms with E-state index in [-0.39, 0.29) is 5.91 Å². The molecule has 0 aliphatic carbocycles. The Morgan fingerprint density at radius 3 is 2.29 bits per heavy atom. The molecule has 146 valence electrons. The Balaban J connectivity index is 1.79. The van der Waals surface area contributed by atoms with Crippen molar-refractivity contribution in [3.05, 3.63) is 60.2 Å². The topological polar surface area (TPSA) is 78.7 Å². The quantitative estimate of drug-likeness (QED) is 0.625. The highest BCUT2D eigenvalue weighted by Gasteiger charge is 2.19. The van der Waals surface area contributed by atoms with Gasteiger partial charge >= 0.3 is 0 Å². The van der Waals surface area contributed by atoms with Gasteiger partial charge in [-0.3, -0.25) is 4.79 Å². The van der Waals surface area contributed by atoms with Crippen molar-refractivity contribution in [2.75, 3.05) is 28.4 Å². The Kier molecular flexibility index (Phi) is 5.78. The predicted octanol–water partition coefficient (Wildman–Crippen LogP) is 2.57. The van der Waals surface area contributed by atoms with E-state index in [4.69, 9.17) is 14.2 Å². The molecule has 3 aromatic rings. The summed E-state index contributed by atoms with van der Waals surface area (Å²) in [7, 11) is 6.42. The molecule has 0 unspecified atom stereocenters. The Bertz CT molecular complexity index is 940. The van der Waals surface area contributed by atoms with Crippen molar-refractivity contribution in [3.63, 3.8) is 0 Å². The zero-order valence-corrected chi connectivity index (χ0v) is 16.2. The van der Waals surface area contributed by atoms with E-state index >= 15 is 0 Å². The molecule has 0 saturated carbocycles. The molecule has 3 rings (SSSR count). The number of hydrogen-bond acceptors (Lipinski definition) is 6. The average Bonchev–Trinajstić information content (AvgIpc) is 3.27. The molecular formula is C20H22N4O4. The maximum Gasteiger partial charge on any atom is 0.253 e. The van der Waals surface area contributed by atoms with Gasteiger partial charge in [0.1, 0.15) is 12.7 Å². The summed E-state index contributed by atoms with van der Waals surface area (Å²) in [5.41, 5.74) is 2.22. The Hall–Kier alpha value is -3.55. The van der Waals surface area contributed by atoms with Crippen LogP contribution in [0.2, 0.25) is 0 Å². The van der Waals surface area contributed by atoms with Crippen molar-refractivity contribution in [2.45, 2.75) is 6.54 Å². The summed E-state index contributed by atoms with van der Waals surface area (Å²) < 4.78 is 17.8. The summed E-state index contributed by atoms with van der Waals surface area (Å²) in [5, 5.41) is 4.08. The highest BCUT2D eigenvalue weighted by molar-refractivity contribution is 5.94. The maximum absolute atomic E-state index is 12.8. The Morgan fingerprint density at radius 2 is 1.71 bits per heavy atom. The van der Waals surface area contributed by atoms with Gasteiger partial charge in [0, 0.05) is 24.7 Å². The summed E-state index contributed by atoms with van der Waals surface area (Å²) in [5.74, 6) is 1.51. The lowest BCUT2D eigenvalue weighted by molar-refractivity contribution is 0.0784. The minimum absolute atomic E-state index is 0.109. The molecule has 0 atom stereocenters. The van der Waals surface area contributed by atoms with Crippen LogP contribution in [0.25, 0.3) is 5.69 Å². The van der Waals surface area contributed by atoms with Gasteiger partial charge in [-0.05, 0) is 36.4 Å². The van der Waals surface area contributed by atoms with Gasteiger partial charge in [-0.1, -0.05) is 0 Å². The first-order chi connectivity index (χ1) is 13.6. The van der Waals surface area contributed by atoms with Crippen molar-refractivity contribution in [2.24, 2.45) is 0 Å². The third kappa shape index (κ3) is 3.75. The van der Waals surface area contributed by atoms with Crippen LogP contribution in [-0.4, -0.2) is 53.9 Å². The van der Waals surface area contributed by atoms with Crippen LogP contribution in [0.1, 0.15) is 15.9 Å². The van der Waals surface area contributed by atoms with E-state index in [9.17, 15) is 4.79 Å². The molecule has 0 fully saturated rings. The molecule has 0 aliphatic rings. The van der Waals surface area contributed by atoms with Crippen LogP contribution in [0.5, 0.6) is 17.2 Å². The van der Waals surface area contributed by atoms with E-state index in [2.05, 4.69) is 10.1 Å². The number of ether oxygens (including phenoxy) is 3. The number of nitrogens with zero attached hydrogens (tertiary/aromatic N) is 4. The third-order valence-electron chi connectivity index (χ3n) is 4.34. The van der Waals surface area contributed by atoms with E-state index in [1.54, 1.807) is 62.5 Å². The molecule has 2 aromatic carbocycles. The van der Waals surface area contributed by atoms with Crippen LogP contribution in [0.3, 0.4) is 0 Å². The third-order valence-corrected chi connectivity index (χ3v) is 4.34. The fourth-order valence-corrected chi connectivity index (χ4v) is 2.93. The molecule has 0 aliphatic heterocycles. The van der Waals surface area contributed by atoms with E-state index in [0.717, 1.165) is 11.3 Å². The van der Waals surface area contributed by atoms with E-state index in [1.807, 2.05) is 18.2 Å². The second-order valence-corrected chi connectivity index (χ2v) is 6.04. The fraction of sp³-hybridized carbons (Fsp3) is 0.250. The number of aromatic nitrogens is 3. The number of carbonyl (C=O) groups is 1. The largest absolute Gasteiger partial charge is 0.493 e. The van der Waals surface area contributed by atoms with Crippen LogP contribution in [0.15, 0.2) is 49.1 Å². The molecule has 28 heavy (non-hydrogen) atoms. The summed E-state index contributed by atoms with van der Waals surface area (Å²) in [4.78, 5) is 18.4. The van der Waals surface area contributed by atoms with Crippen LogP contribution >= 0.6 is 0 Å². The minimum Gasteiger partial charge on any atom is -0.493 e. The zero-order chi connectivity index (χ0) is 20.1. The number of carbonyl (C=O) groups excluding carboxylic acids is 1. The van der Waals surface area contributed by atoms with Crippen molar-refractivity contribution in [1.82, 2.24) is 19.7 Å². The smallest absolute Gasteiger partial charge is 0.253 e. The lowest BCUT2D eigenvalue weighted by Gasteiger charge is -2.21. The number of methoxy groups -OCH3 is 3. The first-order valence-corrected chi connectivity index (χ1v) is 8.57. The van der Waals surface area contributed by atoms with E-state index in [1.165, 1.54) is 6.33 Å². The first kappa shape index (κ1) is 19.2. The van der Waals surface area contributed by atoms with E-state index in [0.29, 0.717) is 29.4 Å². The first-order valence-electron chi connectivity index (χ1n) is 8.57. The standard InChI is InChI=1S/C20H22N4O4/c1-23(11-15-7-10-17(26-2)19(28-4)18(15)27-3)20(25)14-5-8-16(9-6-14)24-13-21-12-22-24/h5-10,12-13H,11H2,1-4H3. The molecule has 0 spiro atoms. The summed E-state index contributed by atoms with van der Waals surface area (Å²) >= 11 is 0. The van der Waals surface area contributed by atoms with Crippen molar-refractivity contribution < 1.29 is 19.0 Å². The van der Waals surface area contributed by atoms with Gasteiger partial charge in [0.2, 0.25) is 5.75 Å². The Morgan fingerprint density at radius 1 is 1.00 bits per heavy atom. The zero-order valence-electron chi connectivity index (χ0n) is 16.2. The van der Waals surface area contributed by atoms with Gasteiger partial charge < -0.3 is 19.1 Å². The van der Waals surface area contributed by atoms with Crippen molar-refractivity contribution in [1.29, 1.82) is 0 Å². The normalized spacial score (nSPS) is 10.4. The molecule has 1 aromatic heterocycles. The molecular weight excluding hydrogens is 360 g/mol. The second-order valence-electron chi connectivity index (χ2n) is 6.04. The lowest BCUT2D eigenvalue weighted by atomic mass is 10.1. The van der Waals surface area contributed by atoms with Crippen molar-refractivity contribution in [3.8, 4) is 22.9 Å². The van der Waals surface area contributed by atoms with Crippen LogP contribution in [0.4, 0.5) is 0 Å². The molecule has 8 heteroatoms. The second kappa shape index (κ2) is 8.43. The van der Waals surface area contributed by atoms with Crippen LogP contribution in [0, 0.1) is 0 Å². The molecule has 1 amide bonds. The minimum atomic E-state index is -0.109. The number of amides is 1. The SMILES string of the molecule is COc1ccc(CN(C)C(=O)c2ccc(-n3cncn3)cc2)c(OC)c1OC. The molecule has 0 saturated heterocycles. The number of hydrogen-bond donors (Lipinski definition) is 0. The average molecular weight is 382 g/mol. The van der Waals surface area contributed by atoms with E-state index < -0.39 is 0 Å². The van der Waals surface area contributed by atoms with Gasteiger partial charge in [-0.2, -0.15) is 5.10 Å². The van der Waals surface area contributed by atoms with Crippen molar-refractivity contribution >= 4 is 5.91 Å². The maximum atomic E-state index is 12.8. The lowest BCUT2D eigenvalue weighted by Crippen LogP contribution is -2.26. The van der Waals surface area contributed by atoms with Crippen LogP contribution < -0.4 is 14.2 Å². The van der Waals surface area contributed by atoms with Gasteiger partial charge in [0.05, 0.1) is 27.0 Å². The number of rotatable bonds is 7. The van der Waals surface area contributed by atoms with Crippen LogP contribution in [-0.2, 0) is 6.54 Å². The van der Waals surface area contributed by atoms with Gasteiger partial charge in [-0.15, -0.1) is 0 Å². The highest BCUT2D eigenvalue weighted by Crippen LogP contribution is 2.40. The molecule has 0 bridgehead atoms. The predicted molar refractivity (Wildman–Crippen MR) is 103 cm³/mol. The van der Waals surface area contributed by atoms with Gasteiger partial charge in [0.25, 0.3) is 5.91 Å². The molecule has 0 N–H and O–H groups in total. The highest BCUT2D eigenvalue weighted by atomic mass is 16.5. The summed E-state index contributed by atoms with van der Waals surface area (Å²) in [6, 6.07) is 10.8. The molecule has 0 radical (unpaired) electrons. The molecule has 1 heterocycles. The van der Waals surface area contributed by atoms with Gasteiger partial charge in [-0.25, -0.2) is 9.67 Å². The monoisotopic (exact) mass is 382 g/mol. The summed E-state index contributed by atoms with van der Waals surface area (Å²) in [6.07, 6.45) is 3.07.